The zero-order chi connectivity index (χ0) is 15.6. The van der Waals surface area contributed by atoms with Crippen molar-refractivity contribution < 1.29 is 9.53 Å². The van der Waals surface area contributed by atoms with E-state index in [2.05, 4.69) is 22.0 Å². The molecular formula is C17H14BrNO2. The van der Waals surface area contributed by atoms with E-state index >= 15 is 0 Å². The van der Waals surface area contributed by atoms with E-state index in [4.69, 9.17) is 10.00 Å². The summed E-state index contributed by atoms with van der Waals surface area (Å²) in [4.78, 5) is 11.4. The van der Waals surface area contributed by atoms with Crippen LogP contribution in [0.5, 0.6) is 11.5 Å². The first-order valence-corrected chi connectivity index (χ1v) is 7.21. The fourth-order valence-electron chi connectivity index (χ4n) is 2.14. The Hall–Kier alpha value is -2.12. The number of ether oxygens (including phenoxy) is 1. The number of halogens is 1. The molecule has 0 amide bonds. The van der Waals surface area contributed by atoms with E-state index in [0.29, 0.717) is 21.3 Å². The summed E-state index contributed by atoms with van der Waals surface area (Å²) in [6.07, 6.45) is 0. The fourth-order valence-corrected chi connectivity index (χ4v) is 2.78. The van der Waals surface area contributed by atoms with Gasteiger partial charge in [-0.25, -0.2) is 0 Å². The SMILES string of the molecule is CC(=O)c1ccc(Oc2c(C)cc(C#N)cc2C)cc1Br. The highest BCUT2D eigenvalue weighted by Crippen LogP contribution is 2.32. The van der Waals surface area contributed by atoms with E-state index in [0.717, 1.165) is 16.9 Å². The number of carbonyl (C=O) groups is 1. The Labute approximate surface area is 132 Å². The predicted octanol–water partition coefficient (Wildman–Crippen LogP) is 4.93. The Morgan fingerprint density at radius 3 is 2.29 bits per heavy atom. The average Bonchev–Trinajstić information content (AvgIpc) is 2.42. The molecule has 0 aliphatic heterocycles. The minimum Gasteiger partial charge on any atom is -0.457 e. The number of carbonyl (C=O) groups excluding carboxylic acids is 1. The molecule has 0 atom stereocenters. The van der Waals surface area contributed by atoms with Crippen molar-refractivity contribution in [1.82, 2.24) is 0 Å². The summed E-state index contributed by atoms with van der Waals surface area (Å²) in [6, 6.07) is 11.0. The Morgan fingerprint density at radius 2 is 1.81 bits per heavy atom. The highest BCUT2D eigenvalue weighted by molar-refractivity contribution is 9.10. The van der Waals surface area contributed by atoms with Crippen molar-refractivity contribution in [2.75, 3.05) is 0 Å². The van der Waals surface area contributed by atoms with E-state index in [1.807, 2.05) is 13.8 Å². The summed E-state index contributed by atoms with van der Waals surface area (Å²) in [5, 5.41) is 8.96. The van der Waals surface area contributed by atoms with Crippen LogP contribution in [0.2, 0.25) is 0 Å². The van der Waals surface area contributed by atoms with Gasteiger partial charge in [0.15, 0.2) is 5.78 Å². The molecule has 2 aromatic rings. The van der Waals surface area contributed by atoms with Crippen molar-refractivity contribution in [3.63, 3.8) is 0 Å². The second-order valence-corrected chi connectivity index (χ2v) is 5.71. The van der Waals surface area contributed by atoms with Crippen molar-refractivity contribution in [3.05, 3.63) is 57.1 Å². The molecule has 0 fully saturated rings. The molecular weight excluding hydrogens is 330 g/mol. The van der Waals surface area contributed by atoms with Crippen LogP contribution in [0.1, 0.15) is 34.0 Å². The largest absolute Gasteiger partial charge is 0.457 e. The second kappa shape index (κ2) is 6.11. The van der Waals surface area contributed by atoms with Gasteiger partial charge < -0.3 is 4.74 Å². The number of hydrogen-bond donors (Lipinski definition) is 0. The van der Waals surface area contributed by atoms with Gasteiger partial charge in [-0.05, 0) is 78.2 Å². The molecule has 0 radical (unpaired) electrons. The van der Waals surface area contributed by atoms with Crippen LogP contribution in [-0.4, -0.2) is 5.78 Å². The van der Waals surface area contributed by atoms with Crippen LogP contribution >= 0.6 is 15.9 Å². The first-order chi connectivity index (χ1) is 9.92. The first-order valence-electron chi connectivity index (χ1n) is 6.42. The number of aryl methyl sites for hydroxylation is 2. The number of nitrogens with zero attached hydrogens (tertiary/aromatic N) is 1. The molecule has 0 bridgehead atoms. The van der Waals surface area contributed by atoms with Gasteiger partial charge in [-0.3, -0.25) is 4.79 Å². The molecule has 0 saturated heterocycles. The third kappa shape index (κ3) is 3.32. The van der Waals surface area contributed by atoms with E-state index in [9.17, 15) is 4.79 Å². The van der Waals surface area contributed by atoms with Crippen molar-refractivity contribution in [3.8, 4) is 17.6 Å². The fraction of sp³-hybridized carbons (Fsp3) is 0.176. The van der Waals surface area contributed by atoms with E-state index in [1.165, 1.54) is 6.92 Å². The summed E-state index contributed by atoms with van der Waals surface area (Å²) < 4.78 is 6.61. The highest BCUT2D eigenvalue weighted by atomic mass is 79.9. The molecule has 2 rings (SSSR count). The topological polar surface area (TPSA) is 50.1 Å². The third-order valence-electron chi connectivity index (χ3n) is 3.13. The summed E-state index contributed by atoms with van der Waals surface area (Å²) >= 11 is 3.38. The summed E-state index contributed by atoms with van der Waals surface area (Å²) in [5.74, 6) is 1.37. The maximum atomic E-state index is 11.4. The van der Waals surface area contributed by atoms with E-state index in [-0.39, 0.29) is 5.78 Å². The number of benzene rings is 2. The summed E-state index contributed by atoms with van der Waals surface area (Å²) in [6.45, 7) is 5.33. The van der Waals surface area contributed by atoms with Crippen molar-refractivity contribution in [2.45, 2.75) is 20.8 Å². The lowest BCUT2D eigenvalue weighted by Gasteiger charge is -2.13. The van der Waals surface area contributed by atoms with Crippen LogP contribution in [0.15, 0.2) is 34.8 Å². The van der Waals surface area contributed by atoms with Gasteiger partial charge in [-0.1, -0.05) is 0 Å². The highest BCUT2D eigenvalue weighted by Gasteiger charge is 2.10. The Bertz CT molecular complexity index is 737. The van der Waals surface area contributed by atoms with Gasteiger partial charge in [0.05, 0.1) is 11.6 Å². The zero-order valence-electron chi connectivity index (χ0n) is 12.0. The molecule has 4 heteroatoms. The first kappa shape index (κ1) is 15.3. The van der Waals surface area contributed by atoms with Gasteiger partial charge in [0, 0.05) is 10.0 Å². The molecule has 0 aliphatic rings. The number of Topliss-reactive ketones (excluding diaryl/α,β-unsaturated/α-hetero) is 1. The number of nitriles is 1. The van der Waals surface area contributed by atoms with E-state index in [1.54, 1.807) is 30.3 Å². The van der Waals surface area contributed by atoms with Crippen LogP contribution in [0.4, 0.5) is 0 Å². The normalized spacial score (nSPS) is 10.0. The van der Waals surface area contributed by atoms with E-state index < -0.39 is 0 Å². The Kier molecular flexibility index (Phi) is 4.44. The lowest BCUT2D eigenvalue weighted by atomic mass is 10.1. The number of ketones is 1. The van der Waals surface area contributed by atoms with Gasteiger partial charge >= 0.3 is 0 Å². The molecule has 0 heterocycles. The Morgan fingerprint density at radius 1 is 1.19 bits per heavy atom. The van der Waals surface area contributed by atoms with Gasteiger partial charge in [-0.15, -0.1) is 0 Å². The van der Waals surface area contributed by atoms with Crippen LogP contribution in [0, 0.1) is 25.2 Å². The molecule has 0 spiro atoms. The van der Waals surface area contributed by atoms with Crippen molar-refractivity contribution >= 4 is 21.7 Å². The molecule has 21 heavy (non-hydrogen) atoms. The molecule has 0 saturated carbocycles. The second-order valence-electron chi connectivity index (χ2n) is 4.85. The van der Waals surface area contributed by atoms with Gasteiger partial charge in [0.2, 0.25) is 0 Å². The number of rotatable bonds is 3. The quantitative estimate of drug-likeness (QED) is 0.742. The third-order valence-corrected chi connectivity index (χ3v) is 3.79. The van der Waals surface area contributed by atoms with Crippen LogP contribution in [0.25, 0.3) is 0 Å². The minimum atomic E-state index is -0.000779. The van der Waals surface area contributed by atoms with Crippen LogP contribution < -0.4 is 4.74 Å². The molecule has 3 nitrogen and oxygen atoms in total. The number of hydrogen-bond acceptors (Lipinski definition) is 3. The summed E-state index contributed by atoms with van der Waals surface area (Å²) in [5.41, 5.74) is 3.04. The molecule has 0 N–H and O–H groups in total. The van der Waals surface area contributed by atoms with Crippen LogP contribution in [-0.2, 0) is 0 Å². The van der Waals surface area contributed by atoms with Gasteiger partial charge in [0.1, 0.15) is 11.5 Å². The standard InChI is InChI=1S/C17H14BrNO2/c1-10-6-13(9-19)7-11(2)17(10)21-14-4-5-15(12(3)20)16(18)8-14/h4-8H,1-3H3. The van der Waals surface area contributed by atoms with Crippen LogP contribution in [0.3, 0.4) is 0 Å². The smallest absolute Gasteiger partial charge is 0.160 e. The molecule has 106 valence electrons. The van der Waals surface area contributed by atoms with Crippen molar-refractivity contribution in [2.24, 2.45) is 0 Å². The Balaban J connectivity index is 2.37. The van der Waals surface area contributed by atoms with Crippen molar-refractivity contribution in [1.29, 1.82) is 5.26 Å². The molecule has 0 aliphatic carbocycles. The monoisotopic (exact) mass is 343 g/mol. The maximum absolute atomic E-state index is 11.4. The molecule has 0 unspecified atom stereocenters. The summed E-state index contributed by atoms with van der Waals surface area (Å²) in [7, 11) is 0. The average molecular weight is 344 g/mol. The lowest BCUT2D eigenvalue weighted by Crippen LogP contribution is -1.96. The predicted molar refractivity (Wildman–Crippen MR) is 84.9 cm³/mol. The zero-order valence-corrected chi connectivity index (χ0v) is 13.6. The molecule has 2 aromatic carbocycles. The van der Waals surface area contributed by atoms with Gasteiger partial charge in [-0.2, -0.15) is 5.26 Å². The van der Waals surface area contributed by atoms with Gasteiger partial charge in [0.25, 0.3) is 0 Å². The lowest BCUT2D eigenvalue weighted by molar-refractivity contribution is 0.101. The maximum Gasteiger partial charge on any atom is 0.160 e. The minimum absolute atomic E-state index is 0.000779. The molecule has 0 aromatic heterocycles.